The molecule has 9 rings (SSSR count). The first kappa shape index (κ1) is 38.3. The summed E-state index contributed by atoms with van der Waals surface area (Å²) in [6.45, 7) is 1.63. The molecule has 5 atom stereocenters. The van der Waals surface area contributed by atoms with Gasteiger partial charge in [-0.05, 0) is 115 Å². The van der Waals surface area contributed by atoms with Crippen LogP contribution in [0.4, 0.5) is 9.18 Å². The number of pyridine rings is 1. The normalized spacial score (nSPS) is 31.8. The largest absolute Gasteiger partial charge is 0.483 e. The fourth-order valence-corrected chi connectivity index (χ4v) is 10.8. The molecule has 4 saturated carbocycles. The van der Waals surface area contributed by atoms with Crippen molar-refractivity contribution in [2.45, 2.75) is 156 Å². The van der Waals surface area contributed by atoms with E-state index in [2.05, 4.69) is 15.4 Å². The third-order valence-electron chi connectivity index (χ3n) is 13.6. The van der Waals surface area contributed by atoms with E-state index in [9.17, 15) is 32.0 Å². The van der Waals surface area contributed by atoms with Crippen molar-refractivity contribution in [3.05, 3.63) is 47.4 Å². The number of fused-ring (bicyclic) bond motifs is 5. The van der Waals surface area contributed by atoms with Crippen molar-refractivity contribution in [1.29, 1.82) is 0 Å². The lowest BCUT2D eigenvalue weighted by Crippen LogP contribution is -2.58. The van der Waals surface area contributed by atoms with Crippen LogP contribution in [0.3, 0.4) is 0 Å². The van der Waals surface area contributed by atoms with E-state index in [1.54, 1.807) is 13.0 Å². The number of hydrogen-bond acceptors (Lipinski definition) is 9. The molecule has 306 valence electrons. The van der Waals surface area contributed by atoms with Gasteiger partial charge in [0.25, 0.3) is 5.91 Å². The summed E-state index contributed by atoms with van der Waals surface area (Å²) >= 11 is 0. The number of sulfonamides is 1. The molecule has 4 aliphatic carbocycles. The molecule has 1 aromatic heterocycles. The van der Waals surface area contributed by atoms with Gasteiger partial charge in [0, 0.05) is 29.2 Å². The maximum absolute atomic E-state index is 14.9. The number of benzene rings is 1. The monoisotopic (exact) mass is 805 g/mol. The van der Waals surface area contributed by atoms with Crippen molar-refractivity contribution in [1.82, 2.24) is 25.2 Å². The minimum absolute atomic E-state index is 0.0275. The summed E-state index contributed by atoms with van der Waals surface area (Å²) in [5.41, 5.74) is -0.204. The fourth-order valence-electron chi connectivity index (χ4n) is 9.49. The summed E-state index contributed by atoms with van der Waals surface area (Å²) in [7, 11) is -4.00. The zero-order valence-corrected chi connectivity index (χ0v) is 33.3. The van der Waals surface area contributed by atoms with Gasteiger partial charge in [-0.1, -0.05) is 25.0 Å². The molecule has 1 saturated heterocycles. The number of ether oxygens (including phenoxy) is 2. The van der Waals surface area contributed by atoms with E-state index in [1.807, 2.05) is 12.2 Å². The summed E-state index contributed by atoms with van der Waals surface area (Å²) in [6, 6.07) is 2.47. The van der Waals surface area contributed by atoms with Crippen LogP contribution in [0.2, 0.25) is 0 Å². The highest BCUT2D eigenvalue weighted by Crippen LogP contribution is 2.52. The average molecular weight is 806 g/mol. The number of carbonyl (C=O) groups excluding carboxylic acids is 4. The molecule has 1 aromatic carbocycles. The van der Waals surface area contributed by atoms with Gasteiger partial charge in [-0.2, -0.15) is 0 Å². The first-order valence-corrected chi connectivity index (χ1v) is 22.4. The van der Waals surface area contributed by atoms with E-state index >= 15 is 0 Å². The first-order chi connectivity index (χ1) is 27.3. The summed E-state index contributed by atoms with van der Waals surface area (Å²) in [6.07, 6.45) is 13.7. The standard InChI is InChI=1S/C42H52FN5O8S/c1-40(19-20-40)57(53,54)47-38(51)42-22-26(42)9-5-3-2-4-6-12-32(45-39(52)55-28-10-7-8-11-28)37(50)48-24-41(23-33(48)36(49)46-42)18-17-29-30-21-27(43)15-16-31(30)44-34(25-13-14-25)35(29)56-41/h5,9,15-16,21,25-26,28,32-33H,2-4,6-8,10-14,17-20,22-24H2,1H3,(H,45,52)(H,46,49)(H,47,51)/b9-5-/t26?,32-,33-,41+,42+/m0/s1. The highest BCUT2D eigenvalue weighted by atomic mass is 32.2. The molecule has 1 spiro atoms. The van der Waals surface area contributed by atoms with Crippen LogP contribution in [0.1, 0.15) is 127 Å². The molecule has 57 heavy (non-hydrogen) atoms. The number of aryl methyl sites for hydroxylation is 1. The Kier molecular flexibility index (Phi) is 9.55. The average Bonchev–Trinajstić information content (AvgIpc) is 4.14. The number of nitrogens with zero attached hydrogens (tertiary/aromatic N) is 2. The molecular formula is C42H52FN5O8S. The molecular weight excluding hydrogens is 754 g/mol. The minimum atomic E-state index is -4.00. The minimum Gasteiger partial charge on any atom is -0.483 e. The zero-order valence-electron chi connectivity index (χ0n) is 32.4. The lowest BCUT2D eigenvalue weighted by Gasteiger charge is -2.37. The molecule has 1 unspecified atom stereocenters. The fraction of sp³-hybridized carbons (Fsp3) is 0.643. The second kappa shape index (κ2) is 14.2. The molecule has 4 heterocycles. The van der Waals surface area contributed by atoms with Crippen molar-refractivity contribution in [3.63, 3.8) is 0 Å². The van der Waals surface area contributed by atoms with Crippen LogP contribution in [0.15, 0.2) is 30.4 Å². The van der Waals surface area contributed by atoms with Gasteiger partial charge in [-0.15, -0.1) is 0 Å². The van der Waals surface area contributed by atoms with E-state index in [0.29, 0.717) is 61.6 Å². The highest BCUT2D eigenvalue weighted by molar-refractivity contribution is 7.91. The van der Waals surface area contributed by atoms with Gasteiger partial charge in [-0.25, -0.2) is 22.6 Å². The third-order valence-corrected chi connectivity index (χ3v) is 15.8. The number of allylic oxidation sites excluding steroid dienone is 1. The lowest BCUT2D eigenvalue weighted by molar-refractivity contribution is -0.141. The Balaban J connectivity index is 1.06. The summed E-state index contributed by atoms with van der Waals surface area (Å²) in [5.74, 6) is -1.89. The zero-order chi connectivity index (χ0) is 39.7. The van der Waals surface area contributed by atoms with E-state index < -0.39 is 67.7 Å². The summed E-state index contributed by atoms with van der Waals surface area (Å²) < 4.78 is 55.0. The predicted molar refractivity (Wildman–Crippen MR) is 207 cm³/mol. The van der Waals surface area contributed by atoms with Gasteiger partial charge in [0.15, 0.2) is 0 Å². The van der Waals surface area contributed by atoms with Crippen molar-refractivity contribution in [2.75, 3.05) is 6.54 Å². The van der Waals surface area contributed by atoms with Crippen molar-refractivity contribution in [3.8, 4) is 5.75 Å². The van der Waals surface area contributed by atoms with Crippen LogP contribution in [-0.2, 0) is 35.6 Å². The van der Waals surface area contributed by atoms with Crippen LogP contribution in [0.25, 0.3) is 10.9 Å². The Morgan fingerprint density at radius 3 is 2.54 bits per heavy atom. The second-order valence-corrected chi connectivity index (χ2v) is 20.1. The Labute approximate surface area is 332 Å². The maximum atomic E-state index is 14.9. The van der Waals surface area contributed by atoms with Crippen LogP contribution < -0.4 is 20.1 Å². The van der Waals surface area contributed by atoms with E-state index in [4.69, 9.17) is 14.5 Å². The number of alkyl carbamates (subject to hydrolysis) is 1. The van der Waals surface area contributed by atoms with Crippen molar-refractivity contribution in [2.24, 2.45) is 5.92 Å². The van der Waals surface area contributed by atoms with Crippen molar-refractivity contribution >= 4 is 44.7 Å². The smallest absolute Gasteiger partial charge is 0.408 e. The van der Waals surface area contributed by atoms with Gasteiger partial charge >= 0.3 is 6.09 Å². The first-order valence-electron chi connectivity index (χ1n) is 20.9. The Bertz CT molecular complexity index is 2150. The van der Waals surface area contributed by atoms with Gasteiger partial charge in [0.1, 0.15) is 40.9 Å². The molecule has 4 amide bonds. The number of rotatable bonds is 6. The van der Waals surface area contributed by atoms with Crippen molar-refractivity contribution < 1.29 is 41.5 Å². The molecule has 7 aliphatic rings. The predicted octanol–water partition coefficient (Wildman–Crippen LogP) is 5.35. The molecule has 3 aliphatic heterocycles. The number of amides is 4. The topological polar surface area (TPSA) is 173 Å². The Hall–Kier alpha value is -4.27. The number of hydrogen-bond donors (Lipinski definition) is 3. The second-order valence-electron chi connectivity index (χ2n) is 17.9. The highest BCUT2D eigenvalue weighted by Gasteiger charge is 2.64. The SMILES string of the molecule is CC1(S(=O)(=O)NC(=O)[C@@]23CC2/C=C\CCCCC[C@H](NC(=O)OC2CCCC2)C(=O)N2C[C@@]4(CCc5c(c(C6CC6)nc6ccc(F)cc56)O4)C[C@H]2C(=O)N3)CC1. The summed E-state index contributed by atoms with van der Waals surface area (Å²) in [4.78, 5) is 63.3. The molecule has 0 radical (unpaired) electrons. The van der Waals surface area contributed by atoms with Gasteiger partial charge in [-0.3, -0.25) is 19.1 Å². The van der Waals surface area contributed by atoms with Gasteiger partial charge in [0.05, 0.1) is 22.5 Å². The molecule has 15 heteroatoms. The molecule has 0 bridgehead atoms. The number of carbonyl (C=O) groups is 4. The maximum Gasteiger partial charge on any atom is 0.408 e. The van der Waals surface area contributed by atoms with Crippen LogP contribution in [-0.4, -0.2) is 82.7 Å². The summed E-state index contributed by atoms with van der Waals surface area (Å²) in [5, 5.41) is 6.48. The molecule has 5 fully saturated rings. The van der Waals surface area contributed by atoms with Crippen LogP contribution in [0.5, 0.6) is 5.75 Å². The Morgan fingerprint density at radius 2 is 1.79 bits per heavy atom. The third kappa shape index (κ3) is 7.26. The number of halogens is 1. The van der Waals surface area contributed by atoms with E-state index in [-0.39, 0.29) is 37.2 Å². The Morgan fingerprint density at radius 1 is 1.02 bits per heavy atom. The van der Waals surface area contributed by atoms with Crippen LogP contribution in [0, 0.1) is 11.7 Å². The van der Waals surface area contributed by atoms with Gasteiger partial charge in [0.2, 0.25) is 21.8 Å². The van der Waals surface area contributed by atoms with Crippen LogP contribution >= 0.6 is 0 Å². The molecule has 3 N–H and O–H groups in total. The number of aromatic nitrogens is 1. The van der Waals surface area contributed by atoms with E-state index in [0.717, 1.165) is 62.6 Å². The lowest BCUT2D eigenvalue weighted by atomic mass is 9.86. The molecule has 13 nitrogen and oxygen atoms in total. The quantitative estimate of drug-likeness (QED) is 0.326. The van der Waals surface area contributed by atoms with Gasteiger partial charge < -0.3 is 25.0 Å². The van der Waals surface area contributed by atoms with E-state index in [1.165, 1.54) is 17.0 Å². The molecule has 2 aromatic rings. The number of nitrogens with one attached hydrogen (secondary N) is 3.